The van der Waals surface area contributed by atoms with Crippen molar-refractivity contribution in [3.8, 4) is 5.75 Å². The van der Waals surface area contributed by atoms with Crippen LogP contribution in [-0.2, 0) is 11.3 Å². The number of aromatic nitrogens is 1. The Morgan fingerprint density at radius 2 is 1.96 bits per heavy atom. The summed E-state index contributed by atoms with van der Waals surface area (Å²) in [5, 5.41) is 0. The Morgan fingerprint density at radius 1 is 1.25 bits per heavy atom. The van der Waals surface area contributed by atoms with E-state index in [-0.39, 0.29) is 5.91 Å². The monoisotopic (exact) mass is 331 g/mol. The second-order valence-electron chi connectivity index (χ2n) is 7.15. The van der Waals surface area contributed by atoms with E-state index in [9.17, 15) is 4.79 Å². The lowest BCUT2D eigenvalue weighted by Gasteiger charge is -2.34. The molecule has 0 spiro atoms. The third-order valence-electron chi connectivity index (χ3n) is 5.66. The number of ether oxygens (including phenoxy) is 1. The van der Waals surface area contributed by atoms with E-state index >= 15 is 0 Å². The van der Waals surface area contributed by atoms with Gasteiger partial charge in [0.1, 0.15) is 5.75 Å². The van der Waals surface area contributed by atoms with Gasteiger partial charge in [-0.1, -0.05) is 0 Å². The molecule has 2 fully saturated rings. The molecule has 2 atom stereocenters. The largest absolute Gasteiger partial charge is 0.496 e. The Labute approximate surface area is 145 Å². The van der Waals surface area contributed by atoms with Crippen LogP contribution >= 0.6 is 0 Å². The second kappa shape index (κ2) is 7.09. The number of nitrogens with zero attached hydrogens (tertiary/aromatic N) is 3. The van der Waals surface area contributed by atoms with Crippen molar-refractivity contribution in [1.29, 1.82) is 0 Å². The third kappa shape index (κ3) is 3.14. The molecular weight excluding hydrogens is 302 g/mol. The van der Waals surface area contributed by atoms with Gasteiger partial charge in [0.15, 0.2) is 0 Å². The molecular formula is C19H29N3O2. The fourth-order valence-electron chi connectivity index (χ4n) is 4.49. The SMILES string of the molecule is COc1c(C)cnc(CN2CCC[C@@H]2[C@H]2CCCN2C(C)=O)c1C. The molecule has 2 aliphatic heterocycles. The second-order valence-corrected chi connectivity index (χ2v) is 7.15. The van der Waals surface area contributed by atoms with Gasteiger partial charge in [-0.3, -0.25) is 14.7 Å². The molecule has 0 saturated carbocycles. The highest BCUT2D eigenvalue weighted by Crippen LogP contribution is 2.32. The van der Waals surface area contributed by atoms with Gasteiger partial charge in [0.2, 0.25) is 5.91 Å². The van der Waals surface area contributed by atoms with E-state index in [1.165, 1.54) is 12.8 Å². The number of carbonyl (C=O) groups is 1. The Kier molecular flexibility index (Phi) is 5.09. The standard InChI is InChI=1S/C19H29N3O2/c1-13-11-20-16(14(2)19(13)24-4)12-21-9-5-7-17(21)18-8-6-10-22(18)15(3)23/h11,17-18H,5-10,12H2,1-4H3/t17-,18-/m1/s1. The number of carbonyl (C=O) groups excluding carboxylic acids is 1. The van der Waals surface area contributed by atoms with Crippen LogP contribution in [0.15, 0.2) is 6.20 Å². The maximum absolute atomic E-state index is 11.9. The van der Waals surface area contributed by atoms with Crippen LogP contribution < -0.4 is 4.74 Å². The number of likely N-dealkylation sites (tertiary alicyclic amines) is 2. The van der Waals surface area contributed by atoms with Gasteiger partial charge in [-0.25, -0.2) is 0 Å². The van der Waals surface area contributed by atoms with Crippen LogP contribution in [-0.4, -0.2) is 53.0 Å². The zero-order valence-electron chi connectivity index (χ0n) is 15.3. The molecule has 1 aromatic rings. The Balaban J connectivity index is 1.78. The molecule has 3 heterocycles. The van der Waals surface area contributed by atoms with Crippen LogP contribution in [0.1, 0.15) is 49.4 Å². The van der Waals surface area contributed by atoms with Crippen LogP contribution in [0.2, 0.25) is 0 Å². The minimum absolute atomic E-state index is 0.218. The molecule has 0 N–H and O–H groups in total. The van der Waals surface area contributed by atoms with E-state index in [1.807, 2.05) is 13.1 Å². The van der Waals surface area contributed by atoms with Gasteiger partial charge in [-0.15, -0.1) is 0 Å². The normalized spacial score (nSPS) is 24.6. The molecule has 3 rings (SSSR count). The van der Waals surface area contributed by atoms with Crippen LogP contribution in [0.4, 0.5) is 0 Å². The van der Waals surface area contributed by atoms with Crippen LogP contribution in [0, 0.1) is 13.8 Å². The van der Waals surface area contributed by atoms with E-state index in [4.69, 9.17) is 4.74 Å². The smallest absolute Gasteiger partial charge is 0.219 e. The first-order valence-electron chi connectivity index (χ1n) is 9.03. The van der Waals surface area contributed by atoms with Crippen molar-refractivity contribution in [2.75, 3.05) is 20.2 Å². The summed E-state index contributed by atoms with van der Waals surface area (Å²) < 4.78 is 5.54. The average molecular weight is 331 g/mol. The summed E-state index contributed by atoms with van der Waals surface area (Å²) in [6, 6.07) is 0.836. The Morgan fingerprint density at radius 3 is 2.67 bits per heavy atom. The molecule has 24 heavy (non-hydrogen) atoms. The van der Waals surface area contributed by atoms with Crippen molar-refractivity contribution in [3.63, 3.8) is 0 Å². The summed E-state index contributed by atoms with van der Waals surface area (Å²) in [7, 11) is 1.72. The summed E-state index contributed by atoms with van der Waals surface area (Å²) in [5.74, 6) is 1.16. The molecule has 0 aromatic carbocycles. The number of pyridine rings is 1. The van der Waals surface area contributed by atoms with E-state index in [0.717, 1.165) is 55.0 Å². The molecule has 5 heteroatoms. The molecule has 0 aliphatic carbocycles. The molecule has 132 valence electrons. The minimum Gasteiger partial charge on any atom is -0.496 e. The van der Waals surface area contributed by atoms with Crippen molar-refractivity contribution in [3.05, 3.63) is 23.0 Å². The van der Waals surface area contributed by atoms with Crippen LogP contribution in [0.5, 0.6) is 5.75 Å². The topological polar surface area (TPSA) is 45.7 Å². The van der Waals surface area contributed by atoms with E-state index in [2.05, 4.69) is 21.7 Å². The van der Waals surface area contributed by atoms with Gasteiger partial charge in [0, 0.05) is 49.4 Å². The fraction of sp³-hybridized carbons (Fsp3) is 0.684. The zero-order valence-corrected chi connectivity index (χ0v) is 15.3. The van der Waals surface area contributed by atoms with E-state index in [1.54, 1.807) is 14.0 Å². The van der Waals surface area contributed by atoms with Crippen LogP contribution in [0.3, 0.4) is 0 Å². The van der Waals surface area contributed by atoms with Gasteiger partial charge in [-0.05, 0) is 46.1 Å². The minimum atomic E-state index is 0.218. The first-order valence-corrected chi connectivity index (χ1v) is 9.03. The molecule has 0 bridgehead atoms. The van der Waals surface area contributed by atoms with E-state index in [0.29, 0.717) is 12.1 Å². The number of hydrogen-bond donors (Lipinski definition) is 0. The average Bonchev–Trinajstić information content (AvgIpc) is 3.19. The molecule has 0 radical (unpaired) electrons. The molecule has 0 unspecified atom stereocenters. The summed E-state index contributed by atoms with van der Waals surface area (Å²) in [4.78, 5) is 21.2. The van der Waals surface area contributed by atoms with Gasteiger partial charge < -0.3 is 9.64 Å². The Hall–Kier alpha value is -1.62. The lowest BCUT2D eigenvalue weighted by Crippen LogP contribution is -2.47. The third-order valence-corrected chi connectivity index (χ3v) is 5.66. The molecule has 2 saturated heterocycles. The maximum atomic E-state index is 11.9. The number of amides is 1. The molecule has 1 amide bonds. The zero-order chi connectivity index (χ0) is 17.3. The quantitative estimate of drug-likeness (QED) is 0.851. The van der Waals surface area contributed by atoms with Crippen molar-refractivity contribution in [2.45, 2.75) is 65.1 Å². The summed E-state index contributed by atoms with van der Waals surface area (Å²) in [5.41, 5.74) is 3.31. The van der Waals surface area contributed by atoms with Crippen molar-refractivity contribution in [1.82, 2.24) is 14.8 Å². The number of hydrogen-bond acceptors (Lipinski definition) is 4. The maximum Gasteiger partial charge on any atom is 0.219 e. The lowest BCUT2D eigenvalue weighted by molar-refractivity contribution is -0.130. The molecule has 1 aromatic heterocycles. The highest BCUT2D eigenvalue weighted by Gasteiger charge is 2.38. The van der Waals surface area contributed by atoms with Gasteiger partial charge in [0.25, 0.3) is 0 Å². The summed E-state index contributed by atoms with van der Waals surface area (Å²) in [6.07, 6.45) is 6.55. The highest BCUT2D eigenvalue weighted by atomic mass is 16.5. The van der Waals surface area contributed by atoms with Gasteiger partial charge >= 0.3 is 0 Å². The number of aryl methyl sites for hydroxylation is 1. The summed E-state index contributed by atoms with van der Waals surface area (Å²) in [6.45, 7) is 8.68. The number of methoxy groups -OCH3 is 1. The molecule has 2 aliphatic rings. The first kappa shape index (κ1) is 17.2. The van der Waals surface area contributed by atoms with Gasteiger partial charge in [0.05, 0.1) is 12.8 Å². The van der Waals surface area contributed by atoms with Crippen molar-refractivity contribution < 1.29 is 9.53 Å². The first-order chi connectivity index (χ1) is 11.5. The Bertz CT molecular complexity index is 617. The number of rotatable bonds is 4. The van der Waals surface area contributed by atoms with Crippen molar-refractivity contribution in [2.24, 2.45) is 0 Å². The van der Waals surface area contributed by atoms with Crippen molar-refractivity contribution >= 4 is 5.91 Å². The predicted molar refractivity (Wildman–Crippen MR) is 94.1 cm³/mol. The van der Waals surface area contributed by atoms with Gasteiger partial charge in [-0.2, -0.15) is 0 Å². The summed E-state index contributed by atoms with van der Waals surface area (Å²) >= 11 is 0. The highest BCUT2D eigenvalue weighted by molar-refractivity contribution is 5.74. The molecule has 5 nitrogen and oxygen atoms in total. The lowest BCUT2D eigenvalue weighted by atomic mass is 10.0. The fourth-order valence-corrected chi connectivity index (χ4v) is 4.49. The van der Waals surface area contributed by atoms with Crippen LogP contribution in [0.25, 0.3) is 0 Å². The van der Waals surface area contributed by atoms with E-state index < -0.39 is 0 Å². The predicted octanol–water partition coefficient (Wildman–Crippen LogP) is 2.68.